The van der Waals surface area contributed by atoms with Gasteiger partial charge >= 0.3 is 0 Å². The molecule has 4 heteroatoms. The first kappa shape index (κ1) is 11.5. The molecule has 0 fully saturated rings. The first-order valence-corrected chi connectivity index (χ1v) is 6.37. The number of carbonyl (C=O) groups is 1. The van der Waals surface area contributed by atoms with Crippen molar-refractivity contribution in [2.45, 2.75) is 24.9 Å². The van der Waals surface area contributed by atoms with Crippen LogP contribution < -0.4 is 4.90 Å². The SMILES string of the molecule is CCN1C(=O)CCSc2ccc(CF)cc21. The quantitative estimate of drug-likeness (QED) is 0.790. The van der Waals surface area contributed by atoms with Gasteiger partial charge < -0.3 is 4.90 Å². The lowest BCUT2D eigenvalue weighted by Gasteiger charge is -2.21. The van der Waals surface area contributed by atoms with E-state index in [1.165, 1.54) is 0 Å². The minimum atomic E-state index is -0.482. The number of hydrogen-bond acceptors (Lipinski definition) is 2. The lowest BCUT2D eigenvalue weighted by Crippen LogP contribution is -2.30. The van der Waals surface area contributed by atoms with Crippen LogP contribution in [0, 0.1) is 0 Å². The van der Waals surface area contributed by atoms with E-state index >= 15 is 0 Å². The summed E-state index contributed by atoms with van der Waals surface area (Å²) in [5.74, 6) is 0.932. The smallest absolute Gasteiger partial charge is 0.227 e. The Labute approximate surface area is 98.8 Å². The zero-order chi connectivity index (χ0) is 11.5. The Hall–Kier alpha value is -1.03. The summed E-state index contributed by atoms with van der Waals surface area (Å²) >= 11 is 1.67. The number of hydrogen-bond donors (Lipinski definition) is 0. The highest BCUT2D eigenvalue weighted by molar-refractivity contribution is 7.99. The summed E-state index contributed by atoms with van der Waals surface area (Å²) in [6, 6.07) is 5.49. The molecule has 0 saturated carbocycles. The Kier molecular flexibility index (Phi) is 3.49. The number of benzene rings is 1. The van der Waals surface area contributed by atoms with Crippen molar-refractivity contribution < 1.29 is 9.18 Å². The maximum absolute atomic E-state index is 12.6. The highest BCUT2D eigenvalue weighted by Crippen LogP contribution is 2.35. The van der Waals surface area contributed by atoms with Gasteiger partial charge in [-0.2, -0.15) is 0 Å². The van der Waals surface area contributed by atoms with Gasteiger partial charge in [0.2, 0.25) is 5.91 Å². The number of rotatable bonds is 2. The Morgan fingerprint density at radius 1 is 1.50 bits per heavy atom. The first-order chi connectivity index (χ1) is 7.76. The monoisotopic (exact) mass is 239 g/mol. The molecule has 0 saturated heterocycles. The second-order valence-electron chi connectivity index (χ2n) is 3.67. The van der Waals surface area contributed by atoms with Crippen LogP contribution in [0.2, 0.25) is 0 Å². The average Bonchev–Trinajstić information content (AvgIpc) is 2.46. The summed E-state index contributed by atoms with van der Waals surface area (Å²) in [6.45, 7) is 2.10. The number of thioether (sulfide) groups is 1. The zero-order valence-corrected chi connectivity index (χ0v) is 10.0. The number of nitrogens with zero attached hydrogens (tertiary/aromatic N) is 1. The molecule has 0 aliphatic carbocycles. The summed E-state index contributed by atoms with van der Waals surface area (Å²) < 4.78 is 12.6. The molecule has 0 bridgehead atoms. The molecular formula is C12H14FNOS. The molecule has 2 rings (SSSR count). The van der Waals surface area contributed by atoms with Crippen LogP contribution in [-0.4, -0.2) is 18.2 Å². The molecule has 0 unspecified atom stereocenters. The molecule has 0 atom stereocenters. The van der Waals surface area contributed by atoms with Gasteiger partial charge in [-0.15, -0.1) is 11.8 Å². The lowest BCUT2D eigenvalue weighted by atomic mass is 10.2. The molecular weight excluding hydrogens is 225 g/mol. The third-order valence-corrected chi connectivity index (χ3v) is 3.72. The molecule has 1 aliphatic heterocycles. The van der Waals surface area contributed by atoms with Gasteiger partial charge in [0.25, 0.3) is 0 Å². The highest BCUT2D eigenvalue weighted by atomic mass is 32.2. The van der Waals surface area contributed by atoms with Crippen molar-refractivity contribution in [2.75, 3.05) is 17.2 Å². The third kappa shape index (κ3) is 2.07. The third-order valence-electron chi connectivity index (χ3n) is 2.66. The maximum atomic E-state index is 12.6. The maximum Gasteiger partial charge on any atom is 0.227 e. The van der Waals surface area contributed by atoms with Crippen LogP contribution in [0.15, 0.2) is 23.1 Å². The van der Waals surface area contributed by atoms with Crippen LogP contribution in [0.1, 0.15) is 18.9 Å². The van der Waals surface area contributed by atoms with Gasteiger partial charge in [0.1, 0.15) is 6.67 Å². The second-order valence-corrected chi connectivity index (χ2v) is 4.81. The Balaban J connectivity index is 2.46. The number of anilines is 1. The fourth-order valence-corrected chi connectivity index (χ4v) is 2.82. The van der Waals surface area contributed by atoms with E-state index in [2.05, 4.69) is 0 Å². The van der Waals surface area contributed by atoms with Gasteiger partial charge in [-0.25, -0.2) is 4.39 Å². The van der Waals surface area contributed by atoms with Gasteiger partial charge in [0.05, 0.1) is 5.69 Å². The van der Waals surface area contributed by atoms with Crippen molar-refractivity contribution in [1.82, 2.24) is 0 Å². The molecule has 2 nitrogen and oxygen atoms in total. The van der Waals surface area contributed by atoms with Crippen LogP contribution >= 0.6 is 11.8 Å². The number of alkyl halides is 1. The summed E-state index contributed by atoms with van der Waals surface area (Å²) in [5, 5.41) is 0. The highest BCUT2D eigenvalue weighted by Gasteiger charge is 2.21. The average molecular weight is 239 g/mol. The number of fused-ring (bicyclic) bond motifs is 1. The Morgan fingerprint density at radius 2 is 2.31 bits per heavy atom. The van der Waals surface area contributed by atoms with E-state index in [-0.39, 0.29) is 5.91 Å². The normalized spacial score (nSPS) is 15.9. The van der Waals surface area contributed by atoms with Crippen LogP contribution in [-0.2, 0) is 11.5 Å². The molecule has 1 heterocycles. The molecule has 1 amide bonds. The lowest BCUT2D eigenvalue weighted by molar-refractivity contribution is -0.118. The molecule has 0 aromatic heterocycles. The molecule has 0 spiro atoms. The topological polar surface area (TPSA) is 20.3 Å². The van der Waals surface area contributed by atoms with Gasteiger partial charge in [0.15, 0.2) is 0 Å². The number of amides is 1. The summed E-state index contributed by atoms with van der Waals surface area (Å²) in [6.07, 6.45) is 0.554. The molecule has 0 radical (unpaired) electrons. The van der Waals surface area contributed by atoms with E-state index in [0.29, 0.717) is 18.5 Å². The van der Waals surface area contributed by atoms with E-state index < -0.39 is 6.67 Å². The Morgan fingerprint density at radius 3 is 3.00 bits per heavy atom. The summed E-state index contributed by atoms with van der Waals surface area (Å²) in [7, 11) is 0. The van der Waals surface area contributed by atoms with E-state index in [1.54, 1.807) is 28.8 Å². The standard InChI is InChI=1S/C12H14FNOS/c1-2-14-10-7-9(8-13)3-4-11(10)16-6-5-12(14)15/h3-4,7H,2,5-6,8H2,1H3. The summed E-state index contributed by atoms with van der Waals surface area (Å²) in [4.78, 5) is 14.6. The minimum Gasteiger partial charge on any atom is -0.312 e. The number of halogens is 1. The van der Waals surface area contributed by atoms with Crippen molar-refractivity contribution in [2.24, 2.45) is 0 Å². The fraction of sp³-hybridized carbons (Fsp3) is 0.417. The van der Waals surface area contributed by atoms with Crippen LogP contribution in [0.5, 0.6) is 0 Å². The van der Waals surface area contributed by atoms with Crippen LogP contribution in [0.25, 0.3) is 0 Å². The molecule has 86 valence electrons. The van der Waals surface area contributed by atoms with Gasteiger partial charge in [0, 0.05) is 23.6 Å². The van der Waals surface area contributed by atoms with Gasteiger partial charge in [-0.05, 0) is 24.6 Å². The van der Waals surface area contributed by atoms with Crippen molar-refractivity contribution >= 4 is 23.4 Å². The zero-order valence-electron chi connectivity index (χ0n) is 9.20. The van der Waals surface area contributed by atoms with Gasteiger partial charge in [-0.1, -0.05) is 6.07 Å². The molecule has 1 aliphatic rings. The second kappa shape index (κ2) is 4.87. The van der Waals surface area contributed by atoms with E-state index in [0.717, 1.165) is 16.3 Å². The first-order valence-electron chi connectivity index (χ1n) is 5.38. The van der Waals surface area contributed by atoms with E-state index in [9.17, 15) is 9.18 Å². The van der Waals surface area contributed by atoms with Crippen LogP contribution in [0.4, 0.5) is 10.1 Å². The molecule has 16 heavy (non-hydrogen) atoms. The van der Waals surface area contributed by atoms with Crippen molar-refractivity contribution in [1.29, 1.82) is 0 Å². The molecule has 0 N–H and O–H groups in total. The predicted octanol–water partition coefficient (Wildman–Crippen LogP) is 3.00. The Bertz CT molecular complexity index is 408. The number of carbonyl (C=O) groups excluding carboxylic acids is 1. The fourth-order valence-electron chi connectivity index (χ4n) is 1.84. The minimum absolute atomic E-state index is 0.129. The molecule has 1 aromatic carbocycles. The largest absolute Gasteiger partial charge is 0.312 e. The van der Waals surface area contributed by atoms with E-state index in [4.69, 9.17) is 0 Å². The van der Waals surface area contributed by atoms with Gasteiger partial charge in [-0.3, -0.25) is 4.79 Å². The van der Waals surface area contributed by atoms with E-state index in [1.807, 2.05) is 13.0 Å². The van der Waals surface area contributed by atoms with Crippen LogP contribution in [0.3, 0.4) is 0 Å². The van der Waals surface area contributed by atoms with Crippen molar-refractivity contribution in [3.05, 3.63) is 23.8 Å². The van der Waals surface area contributed by atoms with Crippen molar-refractivity contribution in [3.8, 4) is 0 Å². The predicted molar refractivity (Wildman–Crippen MR) is 64.6 cm³/mol. The molecule has 1 aromatic rings. The summed E-state index contributed by atoms with van der Waals surface area (Å²) in [5.41, 5.74) is 1.50. The van der Waals surface area contributed by atoms with Crippen molar-refractivity contribution in [3.63, 3.8) is 0 Å².